The van der Waals surface area contributed by atoms with Gasteiger partial charge in [-0.05, 0) is 31.0 Å². The zero-order valence-electron chi connectivity index (χ0n) is 10.9. The second-order valence-corrected chi connectivity index (χ2v) is 5.71. The van der Waals surface area contributed by atoms with Crippen LogP contribution in [0.2, 0.25) is 0 Å². The maximum atomic E-state index is 9.12. The Bertz CT molecular complexity index is 671. The van der Waals surface area contributed by atoms with Gasteiger partial charge in [-0.2, -0.15) is 5.26 Å². The summed E-state index contributed by atoms with van der Waals surface area (Å²) in [6, 6.07) is 7.76. The Morgan fingerprint density at radius 1 is 1.35 bits per heavy atom. The minimum absolute atomic E-state index is 0.581. The number of nitriles is 1. The summed E-state index contributed by atoms with van der Waals surface area (Å²) < 4.78 is 3.13. The molecule has 20 heavy (non-hydrogen) atoms. The molecule has 0 aliphatic carbocycles. The molecule has 5 nitrogen and oxygen atoms in total. The van der Waals surface area contributed by atoms with Crippen molar-refractivity contribution < 1.29 is 0 Å². The Labute approximate surface area is 125 Å². The predicted octanol–water partition coefficient (Wildman–Crippen LogP) is 2.86. The van der Waals surface area contributed by atoms with Gasteiger partial charge in [0, 0.05) is 17.4 Å². The number of rotatable bonds is 3. The van der Waals surface area contributed by atoms with Crippen LogP contribution >= 0.6 is 15.9 Å². The second kappa shape index (κ2) is 5.63. The summed E-state index contributed by atoms with van der Waals surface area (Å²) >= 11 is 3.42. The van der Waals surface area contributed by atoms with Gasteiger partial charge in [0.15, 0.2) is 5.82 Å². The van der Waals surface area contributed by atoms with Gasteiger partial charge >= 0.3 is 0 Å². The van der Waals surface area contributed by atoms with E-state index in [9.17, 15) is 0 Å². The lowest BCUT2D eigenvalue weighted by atomic mass is 10.1. The van der Waals surface area contributed by atoms with Crippen LogP contribution in [0.5, 0.6) is 0 Å². The van der Waals surface area contributed by atoms with Gasteiger partial charge in [0.2, 0.25) is 0 Å². The maximum absolute atomic E-state index is 9.12. The van der Waals surface area contributed by atoms with Crippen molar-refractivity contribution in [2.24, 2.45) is 0 Å². The highest BCUT2D eigenvalue weighted by atomic mass is 79.9. The number of nitrogens with one attached hydrogen (secondary N) is 1. The molecule has 0 saturated carbocycles. The maximum Gasteiger partial charge on any atom is 0.152 e. The lowest BCUT2D eigenvalue weighted by molar-refractivity contribution is 0.510. The number of hydrogen-bond acceptors (Lipinski definition) is 4. The van der Waals surface area contributed by atoms with Gasteiger partial charge < -0.3 is 9.88 Å². The molecule has 1 N–H and O–H groups in total. The van der Waals surface area contributed by atoms with E-state index in [1.807, 2.05) is 12.1 Å². The third-order valence-corrected chi connectivity index (χ3v) is 3.97. The molecule has 3 rings (SSSR count). The highest BCUT2D eigenvalue weighted by Gasteiger charge is 2.15. The second-order valence-electron chi connectivity index (χ2n) is 4.80. The van der Waals surface area contributed by atoms with Crippen LogP contribution in [0.4, 0.5) is 5.69 Å². The molecule has 1 aliphatic rings. The lowest BCUT2D eigenvalue weighted by Gasteiger charge is -2.15. The first kappa shape index (κ1) is 13.1. The van der Waals surface area contributed by atoms with Gasteiger partial charge in [0.1, 0.15) is 11.9 Å². The molecular formula is C14H14BrN5. The summed E-state index contributed by atoms with van der Waals surface area (Å²) in [6.45, 7) is 1.57. The molecule has 2 aromatic rings. The van der Waals surface area contributed by atoms with E-state index in [1.165, 1.54) is 12.8 Å². The summed E-state index contributed by atoms with van der Waals surface area (Å²) in [6.07, 6.45) is 3.38. The van der Waals surface area contributed by atoms with Crippen LogP contribution in [0.1, 0.15) is 30.1 Å². The van der Waals surface area contributed by atoms with Gasteiger partial charge in [-0.3, -0.25) is 0 Å². The van der Waals surface area contributed by atoms with Gasteiger partial charge in [0.05, 0.1) is 17.8 Å². The first-order valence-corrected chi connectivity index (χ1v) is 7.41. The summed E-state index contributed by atoms with van der Waals surface area (Å²) in [4.78, 5) is 0. The summed E-state index contributed by atoms with van der Waals surface area (Å²) in [7, 11) is 0. The first-order valence-electron chi connectivity index (χ1n) is 6.62. The molecule has 6 heteroatoms. The quantitative estimate of drug-likeness (QED) is 0.939. The number of halogens is 1. The summed E-state index contributed by atoms with van der Waals surface area (Å²) in [5.41, 5.74) is 1.45. The van der Waals surface area contributed by atoms with Crippen molar-refractivity contribution >= 4 is 21.6 Å². The van der Waals surface area contributed by atoms with Crippen LogP contribution in [-0.2, 0) is 19.5 Å². The fourth-order valence-electron chi connectivity index (χ4n) is 2.43. The van der Waals surface area contributed by atoms with Gasteiger partial charge in [-0.25, -0.2) is 0 Å². The standard InChI is InChI=1S/C14H14BrN5/c15-11-5-4-10(8-16)12(7-11)17-9-14-19-18-13-3-1-2-6-20(13)14/h4-5,7,17H,1-3,6,9H2. The zero-order valence-corrected chi connectivity index (χ0v) is 12.5. The molecule has 2 heterocycles. The number of aryl methyl sites for hydroxylation is 1. The van der Waals surface area contributed by atoms with E-state index >= 15 is 0 Å². The van der Waals surface area contributed by atoms with Crippen LogP contribution in [0.15, 0.2) is 22.7 Å². The van der Waals surface area contributed by atoms with Crippen molar-refractivity contribution in [3.05, 3.63) is 39.9 Å². The fraction of sp³-hybridized carbons (Fsp3) is 0.357. The SMILES string of the molecule is N#Cc1ccc(Br)cc1NCc1nnc2n1CCCC2. The zero-order chi connectivity index (χ0) is 13.9. The molecule has 1 aromatic carbocycles. The molecular weight excluding hydrogens is 318 g/mol. The molecule has 0 atom stereocenters. The van der Waals surface area contributed by atoms with E-state index in [-0.39, 0.29) is 0 Å². The van der Waals surface area contributed by atoms with Crippen LogP contribution in [0.3, 0.4) is 0 Å². The monoisotopic (exact) mass is 331 g/mol. The molecule has 1 aromatic heterocycles. The topological polar surface area (TPSA) is 66.5 Å². The Hall–Kier alpha value is -1.87. The fourth-order valence-corrected chi connectivity index (χ4v) is 2.79. The number of fused-ring (bicyclic) bond motifs is 1. The average Bonchev–Trinajstić information content (AvgIpc) is 2.88. The van der Waals surface area contributed by atoms with Crippen molar-refractivity contribution in [1.29, 1.82) is 5.26 Å². The van der Waals surface area contributed by atoms with Crippen LogP contribution in [-0.4, -0.2) is 14.8 Å². The predicted molar refractivity (Wildman–Crippen MR) is 79.1 cm³/mol. The van der Waals surface area contributed by atoms with E-state index in [2.05, 4.69) is 42.1 Å². The van der Waals surface area contributed by atoms with Crippen LogP contribution in [0, 0.1) is 11.3 Å². The van der Waals surface area contributed by atoms with Gasteiger partial charge in [-0.15, -0.1) is 10.2 Å². The van der Waals surface area contributed by atoms with E-state index < -0.39 is 0 Å². The van der Waals surface area contributed by atoms with Gasteiger partial charge in [0.25, 0.3) is 0 Å². The molecule has 102 valence electrons. The average molecular weight is 332 g/mol. The van der Waals surface area contributed by atoms with Crippen LogP contribution in [0.25, 0.3) is 0 Å². The molecule has 1 aliphatic heterocycles. The Kier molecular flexibility index (Phi) is 3.70. The Morgan fingerprint density at radius 2 is 2.25 bits per heavy atom. The molecule has 0 saturated heterocycles. The minimum Gasteiger partial charge on any atom is -0.377 e. The molecule has 0 amide bonds. The van der Waals surface area contributed by atoms with Crippen molar-refractivity contribution in [1.82, 2.24) is 14.8 Å². The van der Waals surface area contributed by atoms with E-state index in [0.717, 1.165) is 34.8 Å². The molecule has 0 unspecified atom stereocenters. The third-order valence-electron chi connectivity index (χ3n) is 3.48. The van der Waals surface area contributed by atoms with E-state index in [0.29, 0.717) is 12.1 Å². The normalized spacial score (nSPS) is 13.6. The summed E-state index contributed by atoms with van der Waals surface area (Å²) in [5, 5.41) is 20.9. The number of anilines is 1. The number of hydrogen-bond donors (Lipinski definition) is 1. The molecule has 0 spiro atoms. The van der Waals surface area contributed by atoms with E-state index in [4.69, 9.17) is 5.26 Å². The highest BCUT2D eigenvalue weighted by Crippen LogP contribution is 2.22. The Balaban J connectivity index is 1.79. The van der Waals surface area contributed by atoms with E-state index in [1.54, 1.807) is 6.07 Å². The third kappa shape index (κ3) is 2.54. The summed E-state index contributed by atoms with van der Waals surface area (Å²) in [5.74, 6) is 2.01. The highest BCUT2D eigenvalue weighted by molar-refractivity contribution is 9.10. The number of benzene rings is 1. The van der Waals surface area contributed by atoms with Crippen LogP contribution < -0.4 is 5.32 Å². The first-order chi connectivity index (χ1) is 9.78. The lowest BCUT2D eigenvalue weighted by Crippen LogP contribution is -2.15. The number of aromatic nitrogens is 3. The molecule has 0 bridgehead atoms. The Morgan fingerprint density at radius 3 is 3.10 bits per heavy atom. The minimum atomic E-state index is 0.581. The molecule has 0 fully saturated rings. The van der Waals surface area contributed by atoms with Gasteiger partial charge in [-0.1, -0.05) is 15.9 Å². The van der Waals surface area contributed by atoms with Crippen molar-refractivity contribution in [3.8, 4) is 6.07 Å². The van der Waals surface area contributed by atoms with Crippen molar-refractivity contribution in [3.63, 3.8) is 0 Å². The molecule has 0 radical (unpaired) electrons. The number of nitrogens with zero attached hydrogens (tertiary/aromatic N) is 4. The van der Waals surface area contributed by atoms with Crippen molar-refractivity contribution in [2.45, 2.75) is 32.4 Å². The van der Waals surface area contributed by atoms with Crippen molar-refractivity contribution in [2.75, 3.05) is 5.32 Å². The smallest absolute Gasteiger partial charge is 0.152 e. The largest absolute Gasteiger partial charge is 0.377 e.